The second kappa shape index (κ2) is 7.19. The van der Waals surface area contributed by atoms with E-state index in [-0.39, 0.29) is 24.0 Å². The van der Waals surface area contributed by atoms with Gasteiger partial charge in [0, 0.05) is 20.6 Å². The van der Waals surface area contributed by atoms with Crippen LogP contribution in [0, 0.1) is 0 Å². The first kappa shape index (κ1) is 15.8. The maximum atomic E-state index is 5.90. The predicted octanol–water partition coefficient (Wildman–Crippen LogP) is 2.99. The molecule has 0 aliphatic heterocycles. The molecule has 0 amide bonds. The van der Waals surface area contributed by atoms with Crippen LogP contribution in [0.15, 0.2) is 23.2 Å². The zero-order valence-electron chi connectivity index (χ0n) is 9.08. The zero-order chi connectivity index (χ0) is 11.4. The van der Waals surface area contributed by atoms with Crippen molar-refractivity contribution < 1.29 is 0 Å². The Balaban J connectivity index is 0.00000225. The standard InChI is InChI=1S/C10H13Cl2N3.HI/c1-14-10(13)15(2)6-7-3-4-8(11)9(12)5-7;/h3-5H,6H2,1-2H3,(H2,13,14);1H. The SMILES string of the molecule is CN=C(N)N(C)Cc1ccc(Cl)c(Cl)c1.I. The van der Waals surface area contributed by atoms with E-state index in [1.807, 2.05) is 24.1 Å². The van der Waals surface area contributed by atoms with Gasteiger partial charge in [-0.05, 0) is 17.7 Å². The second-order valence-corrected chi connectivity index (χ2v) is 4.00. The second-order valence-electron chi connectivity index (χ2n) is 3.19. The van der Waals surface area contributed by atoms with E-state index in [1.165, 1.54) is 0 Å². The molecule has 0 atom stereocenters. The third kappa shape index (κ3) is 4.35. The van der Waals surface area contributed by atoms with E-state index >= 15 is 0 Å². The highest BCUT2D eigenvalue weighted by Gasteiger charge is 2.04. The number of hydrogen-bond donors (Lipinski definition) is 1. The molecule has 2 N–H and O–H groups in total. The molecule has 90 valence electrons. The van der Waals surface area contributed by atoms with Gasteiger partial charge in [-0.2, -0.15) is 0 Å². The van der Waals surface area contributed by atoms with Crippen molar-refractivity contribution >= 4 is 53.1 Å². The maximum absolute atomic E-state index is 5.90. The van der Waals surface area contributed by atoms with Crippen molar-refractivity contribution in [3.05, 3.63) is 33.8 Å². The average Bonchev–Trinajstić information content (AvgIpc) is 2.22. The first-order chi connectivity index (χ1) is 7.04. The quantitative estimate of drug-likeness (QED) is 0.492. The molecule has 1 aromatic rings. The largest absolute Gasteiger partial charge is 0.370 e. The molecule has 0 bridgehead atoms. The molecule has 0 radical (unpaired) electrons. The number of hydrogen-bond acceptors (Lipinski definition) is 1. The summed E-state index contributed by atoms with van der Waals surface area (Å²) >= 11 is 11.7. The molecule has 3 nitrogen and oxygen atoms in total. The molecular formula is C10H14Cl2IN3. The summed E-state index contributed by atoms with van der Waals surface area (Å²) in [5.41, 5.74) is 6.69. The Hall–Kier alpha value is -0.200. The van der Waals surface area contributed by atoms with Gasteiger partial charge in [0.2, 0.25) is 0 Å². The number of rotatable bonds is 2. The minimum atomic E-state index is 0. The van der Waals surface area contributed by atoms with Crippen LogP contribution in [0.25, 0.3) is 0 Å². The maximum Gasteiger partial charge on any atom is 0.191 e. The normalized spacial score (nSPS) is 10.9. The smallest absolute Gasteiger partial charge is 0.191 e. The fourth-order valence-corrected chi connectivity index (χ4v) is 1.48. The van der Waals surface area contributed by atoms with Gasteiger partial charge in [-0.1, -0.05) is 29.3 Å². The summed E-state index contributed by atoms with van der Waals surface area (Å²) in [5.74, 6) is 0.487. The first-order valence-electron chi connectivity index (χ1n) is 4.42. The highest BCUT2D eigenvalue weighted by Crippen LogP contribution is 2.22. The molecule has 0 aliphatic carbocycles. The highest BCUT2D eigenvalue weighted by molar-refractivity contribution is 14.0. The monoisotopic (exact) mass is 373 g/mol. The van der Waals surface area contributed by atoms with Crippen molar-refractivity contribution in [2.24, 2.45) is 10.7 Å². The van der Waals surface area contributed by atoms with Crippen LogP contribution in [0.2, 0.25) is 10.0 Å². The van der Waals surface area contributed by atoms with Crippen LogP contribution < -0.4 is 5.73 Å². The lowest BCUT2D eigenvalue weighted by Gasteiger charge is -2.17. The highest BCUT2D eigenvalue weighted by atomic mass is 127. The van der Waals surface area contributed by atoms with Gasteiger partial charge in [-0.3, -0.25) is 4.99 Å². The van der Waals surface area contributed by atoms with Crippen LogP contribution >= 0.6 is 47.2 Å². The number of nitrogens with zero attached hydrogens (tertiary/aromatic N) is 2. The van der Waals surface area contributed by atoms with Crippen molar-refractivity contribution in [1.29, 1.82) is 0 Å². The summed E-state index contributed by atoms with van der Waals surface area (Å²) in [7, 11) is 3.52. The van der Waals surface area contributed by atoms with Gasteiger partial charge in [-0.25, -0.2) is 0 Å². The number of aliphatic imine (C=N–C) groups is 1. The van der Waals surface area contributed by atoms with Crippen molar-refractivity contribution in [2.75, 3.05) is 14.1 Å². The molecule has 16 heavy (non-hydrogen) atoms. The van der Waals surface area contributed by atoms with E-state index in [9.17, 15) is 0 Å². The Morgan fingerprint density at radius 1 is 1.38 bits per heavy atom. The molecule has 0 fully saturated rings. The van der Waals surface area contributed by atoms with Crippen LogP contribution in [0.1, 0.15) is 5.56 Å². The molecular weight excluding hydrogens is 360 g/mol. The number of guanidine groups is 1. The Morgan fingerprint density at radius 3 is 2.50 bits per heavy atom. The number of halogens is 3. The molecule has 0 unspecified atom stereocenters. The lowest BCUT2D eigenvalue weighted by molar-refractivity contribution is 0.494. The van der Waals surface area contributed by atoms with Crippen molar-refractivity contribution in [2.45, 2.75) is 6.54 Å². The molecule has 0 heterocycles. The van der Waals surface area contributed by atoms with E-state index < -0.39 is 0 Å². The predicted molar refractivity (Wildman–Crippen MR) is 80.9 cm³/mol. The van der Waals surface area contributed by atoms with Crippen LogP contribution in [-0.4, -0.2) is 25.0 Å². The van der Waals surface area contributed by atoms with E-state index in [1.54, 1.807) is 13.1 Å². The van der Waals surface area contributed by atoms with Gasteiger partial charge in [0.05, 0.1) is 10.0 Å². The zero-order valence-corrected chi connectivity index (χ0v) is 12.9. The molecule has 0 saturated carbocycles. The number of nitrogens with two attached hydrogens (primary N) is 1. The van der Waals surface area contributed by atoms with Gasteiger partial charge in [-0.15, -0.1) is 24.0 Å². The Morgan fingerprint density at radius 2 is 2.00 bits per heavy atom. The Labute approximate surface area is 123 Å². The van der Waals surface area contributed by atoms with E-state index in [0.717, 1.165) is 5.56 Å². The van der Waals surface area contributed by atoms with E-state index in [2.05, 4.69) is 4.99 Å². The summed E-state index contributed by atoms with van der Waals surface area (Å²) in [6.45, 7) is 0.653. The average molecular weight is 374 g/mol. The molecule has 6 heteroatoms. The minimum absolute atomic E-state index is 0. The van der Waals surface area contributed by atoms with E-state index in [4.69, 9.17) is 28.9 Å². The summed E-state index contributed by atoms with van der Waals surface area (Å²) < 4.78 is 0. The summed E-state index contributed by atoms with van der Waals surface area (Å²) in [4.78, 5) is 5.72. The van der Waals surface area contributed by atoms with Gasteiger partial charge >= 0.3 is 0 Å². The van der Waals surface area contributed by atoms with Gasteiger partial charge in [0.25, 0.3) is 0 Å². The van der Waals surface area contributed by atoms with Gasteiger partial charge in [0.1, 0.15) is 0 Å². The van der Waals surface area contributed by atoms with Crippen LogP contribution in [-0.2, 0) is 6.54 Å². The molecule has 1 rings (SSSR count). The third-order valence-corrected chi connectivity index (χ3v) is 2.76. The van der Waals surface area contributed by atoms with Crippen molar-refractivity contribution in [1.82, 2.24) is 4.90 Å². The fourth-order valence-electron chi connectivity index (χ4n) is 1.16. The van der Waals surface area contributed by atoms with Gasteiger partial charge in [0.15, 0.2) is 5.96 Å². The number of benzene rings is 1. The van der Waals surface area contributed by atoms with Crippen molar-refractivity contribution in [3.63, 3.8) is 0 Å². The lowest BCUT2D eigenvalue weighted by Crippen LogP contribution is -2.33. The molecule has 0 saturated heterocycles. The van der Waals surface area contributed by atoms with Crippen LogP contribution in [0.3, 0.4) is 0 Å². The Kier molecular flexibility index (Phi) is 7.10. The fraction of sp³-hybridized carbons (Fsp3) is 0.300. The third-order valence-electron chi connectivity index (χ3n) is 2.02. The molecule has 1 aromatic carbocycles. The summed E-state index contributed by atoms with van der Waals surface area (Å²) in [6.07, 6.45) is 0. The van der Waals surface area contributed by atoms with Crippen molar-refractivity contribution in [3.8, 4) is 0 Å². The first-order valence-corrected chi connectivity index (χ1v) is 5.17. The van der Waals surface area contributed by atoms with Crippen LogP contribution in [0.4, 0.5) is 0 Å². The van der Waals surface area contributed by atoms with E-state index in [0.29, 0.717) is 22.5 Å². The summed E-state index contributed by atoms with van der Waals surface area (Å²) in [6, 6.07) is 5.50. The molecule has 0 spiro atoms. The Bertz CT molecular complexity index is 382. The summed E-state index contributed by atoms with van der Waals surface area (Å²) in [5, 5.41) is 1.11. The van der Waals surface area contributed by atoms with Gasteiger partial charge < -0.3 is 10.6 Å². The lowest BCUT2D eigenvalue weighted by atomic mass is 10.2. The topological polar surface area (TPSA) is 41.6 Å². The minimum Gasteiger partial charge on any atom is -0.370 e. The molecule has 0 aliphatic rings. The molecule has 0 aromatic heterocycles. The van der Waals surface area contributed by atoms with Crippen LogP contribution in [0.5, 0.6) is 0 Å².